The molecule has 0 saturated carbocycles. The van der Waals surface area contributed by atoms with Gasteiger partial charge in [0, 0.05) is 32.8 Å². The van der Waals surface area contributed by atoms with Crippen molar-refractivity contribution in [1.29, 1.82) is 0 Å². The molecule has 1 atom stereocenters. The lowest BCUT2D eigenvalue weighted by Crippen LogP contribution is -2.28. The second kappa shape index (κ2) is 5.49. The number of anilines is 1. The van der Waals surface area contributed by atoms with Crippen LogP contribution in [0.2, 0.25) is 0 Å². The van der Waals surface area contributed by atoms with Gasteiger partial charge in [-0.2, -0.15) is 0 Å². The largest absolute Gasteiger partial charge is 0.367 e. The van der Waals surface area contributed by atoms with Crippen molar-refractivity contribution < 1.29 is 4.79 Å². The molecule has 4 nitrogen and oxygen atoms in total. The maximum Gasteiger partial charge on any atom is 0.224 e. The normalized spacial score (nSPS) is 12.0. The van der Waals surface area contributed by atoms with Crippen molar-refractivity contribution in [2.75, 3.05) is 19.4 Å². The summed E-state index contributed by atoms with van der Waals surface area (Å²) in [7, 11) is 3.53. The van der Waals surface area contributed by atoms with E-state index in [1.165, 1.54) is 0 Å². The number of nitrogens with zero attached hydrogens (tertiary/aromatic N) is 2. The van der Waals surface area contributed by atoms with E-state index in [0.717, 1.165) is 11.4 Å². The Morgan fingerprint density at radius 1 is 1.56 bits per heavy atom. The third-order valence-electron chi connectivity index (χ3n) is 2.29. The zero-order valence-electron chi connectivity index (χ0n) is 10.3. The molecule has 16 heavy (non-hydrogen) atoms. The molecule has 1 aromatic heterocycles. The van der Waals surface area contributed by atoms with Crippen molar-refractivity contribution >= 4 is 11.7 Å². The second-order valence-electron chi connectivity index (χ2n) is 4.26. The highest BCUT2D eigenvalue weighted by atomic mass is 16.2. The molecular formula is C12H19N3O. The number of hydrogen-bond acceptors (Lipinski definition) is 3. The summed E-state index contributed by atoms with van der Waals surface area (Å²) in [5.41, 5.74) is 1.16. The fourth-order valence-electron chi connectivity index (χ4n) is 1.36. The van der Waals surface area contributed by atoms with Gasteiger partial charge >= 0.3 is 0 Å². The molecular weight excluding hydrogens is 202 g/mol. The number of rotatable bonds is 4. The van der Waals surface area contributed by atoms with E-state index in [-0.39, 0.29) is 11.9 Å². The van der Waals surface area contributed by atoms with Gasteiger partial charge < -0.3 is 10.2 Å². The molecule has 1 aromatic rings. The summed E-state index contributed by atoms with van der Waals surface area (Å²) in [6.07, 6.45) is 2.24. The molecule has 1 rings (SSSR count). The SMILES string of the molecule is Cc1ccnc(NC(C)CC(=O)N(C)C)c1. The van der Waals surface area contributed by atoms with Gasteiger partial charge in [0.2, 0.25) is 5.91 Å². The molecule has 0 fully saturated rings. The van der Waals surface area contributed by atoms with Gasteiger partial charge in [-0.25, -0.2) is 4.98 Å². The smallest absolute Gasteiger partial charge is 0.224 e. The molecule has 1 heterocycles. The number of pyridine rings is 1. The highest BCUT2D eigenvalue weighted by molar-refractivity contribution is 5.76. The van der Waals surface area contributed by atoms with E-state index in [9.17, 15) is 4.79 Å². The van der Waals surface area contributed by atoms with Crippen LogP contribution in [-0.4, -0.2) is 35.9 Å². The third-order valence-corrected chi connectivity index (χ3v) is 2.29. The number of nitrogens with one attached hydrogen (secondary N) is 1. The molecule has 4 heteroatoms. The number of carbonyl (C=O) groups is 1. The lowest BCUT2D eigenvalue weighted by atomic mass is 10.2. The summed E-state index contributed by atoms with van der Waals surface area (Å²) in [6, 6.07) is 4.00. The van der Waals surface area contributed by atoms with Crippen LogP contribution in [0.1, 0.15) is 18.9 Å². The van der Waals surface area contributed by atoms with Crippen LogP contribution in [0.3, 0.4) is 0 Å². The predicted molar refractivity (Wildman–Crippen MR) is 65.4 cm³/mol. The molecule has 0 aliphatic heterocycles. The summed E-state index contributed by atoms with van der Waals surface area (Å²) in [5, 5.41) is 3.21. The van der Waals surface area contributed by atoms with Crippen molar-refractivity contribution in [2.24, 2.45) is 0 Å². The van der Waals surface area contributed by atoms with Crippen LogP contribution < -0.4 is 5.32 Å². The predicted octanol–water partition coefficient (Wildman–Crippen LogP) is 1.67. The second-order valence-corrected chi connectivity index (χ2v) is 4.26. The molecule has 0 bridgehead atoms. The van der Waals surface area contributed by atoms with Crippen molar-refractivity contribution in [3.8, 4) is 0 Å². The van der Waals surface area contributed by atoms with Crippen LogP contribution in [0.5, 0.6) is 0 Å². The Hall–Kier alpha value is -1.58. The van der Waals surface area contributed by atoms with Gasteiger partial charge in [-0.1, -0.05) is 0 Å². The summed E-state index contributed by atoms with van der Waals surface area (Å²) in [6.45, 7) is 3.99. The van der Waals surface area contributed by atoms with Gasteiger partial charge in [0.1, 0.15) is 5.82 Å². The number of hydrogen-bond donors (Lipinski definition) is 1. The van der Waals surface area contributed by atoms with E-state index < -0.39 is 0 Å². The minimum absolute atomic E-state index is 0.0872. The van der Waals surface area contributed by atoms with E-state index in [2.05, 4.69) is 10.3 Å². The number of aromatic nitrogens is 1. The summed E-state index contributed by atoms with van der Waals surface area (Å²) < 4.78 is 0. The standard InChI is InChI=1S/C12H19N3O/c1-9-5-6-13-11(7-9)14-10(2)8-12(16)15(3)4/h5-7,10H,8H2,1-4H3,(H,13,14). The molecule has 0 radical (unpaired) electrons. The van der Waals surface area contributed by atoms with Crippen LogP contribution in [0, 0.1) is 6.92 Å². The minimum Gasteiger partial charge on any atom is -0.367 e. The molecule has 0 aliphatic carbocycles. The zero-order valence-corrected chi connectivity index (χ0v) is 10.3. The first kappa shape index (κ1) is 12.5. The number of carbonyl (C=O) groups excluding carboxylic acids is 1. The molecule has 0 saturated heterocycles. The molecule has 0 aliphatic rings. The number of aryl methyl sites for hydroxylation is 1. The van der Waals surface area contributed by atoms with E-state index in [4.69, 9.17) is 0 Å². The van der Waals surface area contributed by atoms with Gasteiger partial charge in [-0.3, -0.25) is 4.79 Å². The van der Waals surface area contributed by atoms with E-state index >= 15 is 0 Å². The average molecular weight is 221 g/mol. The van der Waals surface area contributed by atoms with Crippen LogP contribution in [0.4, 0.5) is 5.82 Å². The first-order chi connectivity index (χ1) is 7.49. The van der Waals surface area contributed by atoms with Crippen molar-refractivity contribution in [2.45, 2.75) is 26.3 Å². The fraction of sp³-hybridized carbons (Fsp3) is 0.500. The Balaban J connectivity index is 2.51. The van der Waals surface area contributed by atoms with Crippen molar-refractivity contribution in [1.82, 2.24) is 9.88 Å². The zero-order chi connectivity index (χ0) is 12.1. The highest BCUT2D eigenvalue weighted by Gasteiger charge is 2.10. The maximum absolute atomic E-state index is 11.5. The molecule has 0 spiro atoms. The van der Waals surface area contributed by atoms with Crippen LogP contribution in [0.15, 0.2) is 18.3 Å². The Morgan fingerprint density at radius 3 is 2.81 bits per heavy atom. The van der Waals surface area contributed by atoms with E-state index in [1.54, 1.807) is 25.2 Å². The van der Waals surface area contributed by atoms with Crippen LogP contribution >= 0.6 is 0 Å². The van der Waals surface area contributed by atoms with Crippen LogP contribution in [-0.2, 0) is 4.79 Å². The Labute approximate surface area is 96.7 Å². The van der Waals surface area contributed by atoms with E-state index in [0.29, 0.717) is 6.42 Å². The molecule has 88 valence electrons. The third kappa shape index (κ3) is 3.88. The number of amides is 1. The monoisotopic (exact) mass is 221 g/mol. The topological polar surface area (TPSA) is 45.2 Å². The highest BCUT2D eigenvalue weighted by Crippen LogP contribution is 2.08. The average Bonchev–Trinajstić information content (AvgIpc) is 2.16. The van der Waals surface area contributed by atoms with Gasteiger partial charge in [-0.15, -0.1) is 0 Å². The first-order valence-electron chi connectivity index (χ1n) is 5.38. The van der Waals surface area contributed by atoms with Gasteiger partial charge in [0.25, 0.3) is 0 Å². The lowest BCUT2D eigenvalue weighted by molar-refractivity contribution is -0.128. The van der Waals surface area contributed by atoms with Crippen molar-refractivity contribution in [3.63, 3.8) is 0 Å². The van der Waals surface area contributed by atoms with Gasteiger partial charge in [-0.05, 0) is 31.5 Å². The summed E-state index contributed by atoms with van der Waals surface area (Å²) in [4.78, 5) is 17.3. The Kier molecular flexibility index (Phi) is 4.28. The Morgan fingerprint density at radius 2 is 2.25 bits per heavy atom. The maximum atomic E-state index is 11.5. The molecule has 1 unspecified atom stereocenters. The quantitative estimate of drug-likeness (QED) is 0.841. The van der Waals surface area contributed by atoms with Crippen molar-refractivity contribution in [3.05, 3.63) is 23.9 Å². The minimum atomic E-state index is 0.0872. The lowest BCUT2D eigenvalue weighted by Gasteiger charge is -2.17. The molecule has 1 amide bonds. The van der Waals surface area contributed by atoms with E-state index in [1.807, 2.05) is 26.0 Å². The molecule has 0 aromatic carbocycles. The Bertz CT molecular complexity index is 363. The summed E-state index contributed by atoms with van der Waals surface area (Å²) >= 11 is 0. The van der Waals surface area contributed by atoms with Gasteiger partial charge in [0.05, 0.1) is 0 Å². The fourth-order valence-corrected chi connectivity index (χ4v) is 1.36. The van der Waals surface area contributed by atoms with Crippen LogP contribution in [0.25, 0.3) is 0 Å². The summed E-state index contributed by atoms with van der Waals surface area (Å²) in [5.74, 6) is 0.937. The molecule has 1 N–H and O–H groups in total. The first-order valence-corrected chi connectivity index (χ1v) is 5.38. The van der Waals surface area contributed by atoms with Gasteiger partial charge in [0.15, 0.2) is 0 Å².